The third kappa shape index (κ3) is 4.04. The molecule has 24 heavy (non-hydrogen) atoms. The molecular formula is C15H17BrN4O4. The van der Waals surface area contributed by atoms with Gasteiger partial charge in [-0.15, -0.1) is 0 Å². The molecule has 2 aromatic rings. The van der Waals surface area contributed by atoms with Crippen molar-refractivity contribution in [2.24, 2.45) is 0 Å². The molecule has 2 amide bonds. The number of anilines is 1. The minimum Gasteiger partial charge on any atom is -0.444 e. The van der Waals surface area contributed by atoms with Gasteiger partial charge in [-0.1, -0.05) is 5.16 Å². The quantitative estimate of drug-likeness (QED) is 0.845. The average Bonchev–Trinajstić information content (AvgIpc) is 3.16. The number of hydrogen-bond donors (Lipinski definition) is 1. The van der Waals surface area contributed by atoms with E-state index < -0.39 is 0 Å². The highest BCUT2D eigenvalue weighted by atomic mass is 79.9. The Morgan fingerprint density at radius 1 is 1.29 bits per heavy atom. The summed E-state index contributed by atoms with van der Waals surface area (Å²) >= 11 is 3.19. The highest BCUT2D eigenvalue weighted by molar-refractivity contribution is 9.10. The van der Waals surface area contributed by atoms with Crippen molar-refractivity contribution in [1.82, 2.24) is 15.0 Å². The van der Waals surface area contributed by atoms with Crippen LogP contribution in [0.25, 0.3) is 0 Å². The van der Waals surface area contributed by atoms with Gasteiger partial charge in [0.1, 0.15) is 5.76 Å². The Hall–Kier alpha value is -2.13. The van der Waals surface area contributed by atoms with Crippen LogP contribution in [0.4, 0.5) is 5.82 Å². The molecule has 1 fully saturated rings. The van der Waals surface area contributed by atoms with E-state index in [1.807, 2.05) is 4.90 Å². The molecule has 3 heterocycles. The summed E-state index contributed by atoms with van der Waals surface area (Å²) in [5.41, 5.74) is 0. The molecule has 1 N–H and O–H groups in total. The van der Waals surface area contributed by atoms with Crippen LogP contribution in [-0.4, -0.2) is 59.5 Å². The zero-order chi connectivity index (χ0) is 17.1. The van der Waals surface area contributed by atoms with Gasteiger partial charge in [-0.3, -0.25) is 14.5 Å². The second-order valence-electron chi connectivity index (χ2n) is 5.54. The van der Waals surface area contributed by atoms with E-state index in [0.717, 1.165) is 0 Å². The minimum absolute atomic E-state index is 0.136. The maximum Gasteiger partial charge on any atom is 0.289 e. The summed E-state index contributed by atoms with van der Waals surface area (Å²) in [4.78, 5) is 28.0. The lowest BCUT2D eigenvalue weighted by Crippen LogP contribution is -2.50. The largest absolute Gasteiger partial charge is 0.444 e. The van der Waals surface area contributed by atoms with Crippen LogP contribution in [0.15, 0.2) is 31.8 Å². The van der Waals surface area contributed by atoms with Crippen molar-refractivity contribution in [2.45, 2.75) is 6.92 Å². The molecule has 0 atom stereocenters. The van der Waals surface area contributed by atoms with Crippen molar-refractivity contribution in [2.75, 3.05) is 38.0 Å². The molecule has 3 rings (SSSR count). The normalized spacial score (nSPS) is 15.5. The lowest BCUT2D eigenvalue weighted by atomic mass is 10.3. The van der Waals surface area contributed by atoms with E-state index in [-0.39, 0.29) is 18.4 Å². The van der Waals surface area contributed by atoms with Crippen LogP contribution in [0.3, 0.4) is 0 Å². The number of halogens is 1. The number of hydrogen-bond acceptors (Lipinski definition) is 6. The molecule has 0 radical (unpaired) electrons. The van der Waals surface area contributed by atoms with Crippen molar-refractivity contribution in [1.29, 1.82) is 0 Å². The van der Waals surface area contributed by atoms with Gasteiger partial charge < -0.3 is 19.2 Å². The molecule has 128 valence electrons. The monoisotopic (exact) mass is 396 g/mol. The number of piperazine rings is 1. The van der Waals surface area contributed by atoms with E-state index in [2.05, 4.69) is 26.4 Å². The third-order valence-electron chi connectivity index (χ3n) is 3.71. The molecule has 1 aliphatic rings. The van der Waals surface area contributed by atoms with Gasteiger partial charge >= 0.3 is 0 Å². The van der Waals surface area contributed by atoms with Crippen LogP contribution in [-0.2, 0) is 4.79 Å². The molecule has 1 aliphatic heterocycles. The Morgan fingerprint density at radius 2 is 2.04 bits per heavy atom. The lowest BCUT2D eigenvalue weighted by Gasteiger charge is -2.33. The van der Waals surface area contributed by atoms with Gasteiger partial charge in [-0.25, -0.2) is 0 Å². The lowest BCUT2D eigenvalue weighted by molar-refractivity contribution is -0.117. The summed E-state index contributed by atoms with van der Waals surface area (Å²) in [5.74, 6) is 1.08. The zero-order valence-electron chi connectivity index (χ0n) is 13.1. The molecule has 1 saturated heterocycles. The molecule has 0 aliphatic carbocycles. The number of nitrogens with zero attached hydrogens (tertiary/aromatic N) is 3. The summed E-state index contributed by atoms with van der Waals surface area (Å²) in [6, 6.07) is 5.00. The van der Waals surface area contributed by atoms with Gasteiger partial charge in [0.05, 0.1) is 6.54 Å². The Bertz CT molecular complexity index is 733. The molecule has 0 aromatic carbocycles. The number of amides is 2. The standard InChI is InChI=1S/C15H17BrN4O4/c1-10-8-13(18-24-10)17-14(21)9-19-4-6-20(7-5-19)15(22)11-2-3-12(16)23-11/h2-3,8H,4-7,9H2,1H3,(H,17,18,21). The molecule has 9 heteroatoms. The second-order valence-corrected chi connectivity index (χ2v) is 6.32. The topological polar surface area (TPSA) is 91.8 Å². The number of aryl methyl sites for hydroxylation is 1. The van der Waals surface area contributed by atoms with Crippen LogP contribution in [0.1, 0.15) is 16.3 Å². The van der Waals surface area contributed by atoms with E-state index in [9.17, 15) is 9.59 Å². The molecule has 0 spiro atoms. The highest BCUT2D eigenvalue weighted by Gasteiger charge is 2.25. The maximum absolute atomic E-state index is 12.3. The van der Waals surface area contributed by atoms with Gasteiger partial charge in [0, 0.05) is 32.2 Å². The van der Waals surface area contributed by atoms with Crippen molar-refractivity contribution >= 4 is 33.6 Å². The van der Waals surface area contributed by atoms with Gasteiger partial charge in [0.2, 0.25) is 5.91 Å². The van der Waals surface area contributed by atoms with Crippen LogP contribution in [0, 0.1) is 6.92 Å². The van der Waals surface area contributed by atoms with Gasteiger partial charge in [0.25, 0.3) is 5.91 Å². The SMILES string of the molecule is Cc1cc(NC(=O)CN2CCN(C(=O)c3ccc(Br)o3)CC2)no1. The second kappa shape index (κ2) is 7.18. The Kier molecular flexibility index (Phi) is 5.00. The average molecular weight is 397 g/mol. The first-order chi connectivity index (χ1) is 11.5. The van der Waals surface area contributed by atoms with Crippen molar-refractivity contribution < 1.29 is 18.5 Å². The fourth-order valence-electron chi connectivity index (χ4n) is 2.50. The van der Waals surface area contributed by atoms with E-state index >= 15 is 0 Å². The Labute approximate surface area is 146 Å². The summed E-state index contributed by atoms with van der Waals surface area (Å²) in [5, 5.41) is 6.41. The van der Waals surface area contributed by atoms with Gasteiger partial charge in [-0.2, -0.15) is 0 Å². The number of rotatable bonds is 4. The van der Waals surface area contributed by atoms with Crippen LogP contribution >= 0.6 is 15.9 Å². The highest BCUT2D eigenvalue weighted by Crippen LogP contribution is 2.16. The van der Waals surface area contributed by atoms with E-state index in [1.165, 1.54) is 0 Å². The molecule has 0 unspecified atom stereocenters. The third-order valence-corrected chi connectivity index (χ3v) is 4.13. The number of nitrogens with one attached hydrogen (secondary N) is 1. The molecule has 2 aromatic heterocycles. The first kappa shape index (κ1) is 16.7. The fourth-order valence-corrected chi connectivity index (χ4v) is 2.81. The molecule has 0 saturated carbocycles. The summed E-state index contributed by atoms with van der Waals surface area (Å²) in [6.45, 7) is 4.36. The smallest absolute Gasteiger partial charge is 0.289 e. The number of carbonyl (C=O) groups excluding carboxylic acids is 2. The Balaban J connectivity index is 1.46. The fraction of sp³-hybridized carbons (Fsp3) is 0.400. The van der Waals surface area contributed by atoms with Crippen molar-refractivity contribution in [3.05, 3.63) is 34.4 Å². The number of furan rings is 1. The predicted octanol–water partition coefficient (Wildman–Crippen LogP) is 1.74. The van der Waals surface area contributed by atoms with E-state index in [0.29, 0.717) is 48.2 Å². The number of carbonyl (C=O) groups is 2. The molecular weight excluding hydrogens is 380 g/mol. The van der Waals surface area contributed by atoms with E-state index in [4.69, 9.17) is 8.94 Å². The maximum atomic E-state index is 12.3. The first-order valence-electron chi connectivity index (χ1n) is 7.51. The summed E-state index contributed by atoms with van der Waals surface area (Å²) in [6.07, 6.45) is 0. The predicted molar refractivity (Wildman–Crippen MR) is 88.6 cm³/mol. The minimum atomic E-state index is -0.155. The summed E-state index contributed by atoms with van der Waals surface area (Å²) < 4.78 is 10.7. The van der Waals surface area contributed by atoms with Gasteiger partial charge in [-0.05, 0) is 35.0 Å². The molecule has 0 bridgehead atoms. The first-order valence-corrected chi connectivity index (χ1v) is 8.31. The zero-order valence-corrected chi connectivity index (χ0v) is 14.7. The van der Waals surface area contributed by atoms with E-state index in [1.54, 1.807) is 30.0 Å². The Morgan fingerprint density at radius 3 is 2.62 bits per heavy atom. The van der Waals surface area contributed by atoms with Crippen molar-refractivity contribution in [3.8, 4) is 0 Å². The summed E-state index contributed by atoms with van der Waals surface area (Å²) in [7, 11) is 0. The number of aromatic nitrogens is 1. The van der Waals surface area contributed by atoms with Crippen molar-refractivity contribution in [3.63, 3.8) is 0 Å². The van der Waals surface area contributed by atoms with Crippen LogP contribution in [0.2, 0.25) is 0 Å². The van der Waals surface area contributed by atoms with Crippen LogP contribution < -0.4 is 5.32 Å². The molecule has 8 nitrogen and oxygen atoms in total. The van der Waals surface area contributed by atoms with Crippen LogP contribution in [0.5, 0.6) is 0 Å². The van der Waals surface area contributed by atoms with Gasteiger partial charge in [0.15, 0.2) is 16.2 Å².